The van der Waals surface area contributed by atoms with Gasteiger partial charge in [0.25, 0.3) is 5.22 Å². The van der Waals surface area contributed by atoms with Gasteiger partial charge >= 0.3 is 12.0 Å². The lowest BCUT2D eigenvalue weighted by atomic mass is 9.91. The maximum absolute atomic E-state index is 13.0. The molecule has 1 aliphatic rings. The average Bonchev–Trinajstić information content (AvgIpc) is 3.68. The van der Waals surface area contributed by atoms with Gasteiger partial charge in [0.15, 0.2) is 12.1 Å². The van der Waals surface area contributed by atoms with E-state index in [1.165, 1.54) is 18.9 Å². The van der Waals surface area contributed by atoms with Gasteiger partial charge in [-0.05, 0) is 28.8 Å². The third-order valence-corrected chi connectivity index (χ3v) is 10.6. The van der Waals surface area contributed by atoms with Gasteiger partial charge in [0.05, 0.1) is 25.9 Å². The number of amides is 2. The molecule has 1 aliphatic heterocycles. The van der Waals surface area contributed by atoms with Gasteiger partial charge in [-0.1, -0.05) is 146 Å². The highest BCUT2D eigenvalue weighted by Crippen LogP contribution is 2.44. The molecule has 3 N–H and O–H groups in total. The third-order valence-electron chi connectivity index (χ3n) is 9.70. The molecule has 1 aromatic heterocycles. The number of nitrogens with one attached hydrogen (secondary N) is 2. The van der Waals surface area contributed by atoms with Crippen LogP contribution in [0.4, 0.5) is 10.5 Å². The van der Waals surface area contributed by atoms with Crippen LogP contribution in [0.5, 0.6) is 0 Å². The van der Waals surface area contributed by atoms with Gasteiger partial charge in [0, 0.05) is 40.5 Å². The van der Waals surface area contributed by atoms with Crippen molar-refractivity contribution in [2.45, 2.75) is 49.7 Å². The molecule has 0 bridgehead atoms. The number of methoxy groups -OCH3 is 1. The molecule has 5 atom stereocenters. The number of anilines is 1. The van der Waals surface area contributed by atoms with E-state index in [0.29, 0.717) is 22.4 Å². The first-order chi connectivity index (χ1) is 27.4. The average molecular weight is 770 g/mol. The highest BCUT2D eigenvalue weighted by atomic mass is 32.2. The highest BCUT2D eigenvalue weighted by molar-refractivity contribution is 7.99. The first-order valence-electron chi connectivity index (χ1n) is 18.4. The van der Waals surface area contributed by atoms with Crippen molar-refractivity contribution in [1.29, 1.82) is 0 Å². The van der Waals surface area contributed by atoms with Crippen molar-refractivity contribution < 1.29 is 33.3 Å². The number of nitrogens with zero attached hydrogens (tertiary/aromatic N) is 1. The van der Waals surface area contributed by atoms with Crippen molar-refractivity contribution in [3.8, 4) is 22.6 Å². The second-order valence-electron chi connectivity index (χ2n) is 13.5. The number of aromatic nitrogens is 1. The Morgan fingerprint density at radius 1 is 0.786 bits per heavy atom. The monoisotopic (exact) mass is 769 g/mol. The van der Waals surface area contributed by atoms with E-state index in [-0.39, 0.29) is 31.2 Å². The molecule has 0 radical (unpaired) electrons. The van der Waals surface area contributed by atoms with Crippen LogP contribution < -0.4 is 10.6 Å². The zero-order valence-electron chi connectivity index (χ0n) is 31.0. The topological polar surface area (TPSA) is 132 Å². The summed E-state index contributed by atoms with van der Waals surface area (Å²) in [6.45, 7) is 2.06. The zero-order valence-corrected chi connectivity index (χ0v) is 31.9. The van der Waals surface area contributed by atoms with E-state index < -0.39 is 24.3 Å². The number of thioether (sulfide) groups is 1. The first kappa shape index (κ1) is 38.6. The van der Waals surface area contributed by atoms with E-state index in [1.807, 2.05) is 127 Å². The molecule has 2 amide bonds. The standard InChI is InChI=1S/C45H43N3O7S/c1-29-38(28-56-45-48-39(32-14-8-4-9-15-32)41(55-45)33-16-10-5-11-17-33)53-43(54-40(29)34-20-18-31(27-49)19-21-34)35-22-24-36(25-23-35)46-44(51)47-37(42(50)52-2)26-30-12-6-3-7-13-30/h3-25,29,37-38,40,43,49H,26-28H2,1-2H3,(H2,46,47,51). The van der Waals surface area contributed by atoms with Gasteiger partial charge in [-0.2, -0.15) is 0 Å². The third kappa shape index (κ3) is 9.38. The summed E-state index contributed by atoms with van der Waals surface area (Å²) in [7, 11) is 1.30. The second-order valence-corrected chi connectivity index (χ2v) is 14.5. The fourth-order valence-corrected chi connectivity index (χ4v) is 7.62. The number of esters is 1. The summed E-state index contributed by atoms with van der Waals surface area (Å²) in [6, 6.07) is 43.0. The predicted octanol–water partition coefficient (Wildman–Crippen LogP) is 8.99. The molecule has 6 aromatic rings. The van der Waals surface area contributed by atoms with E-state index in [9.17, 15) is 14.7 Å². The van der Waals surface area contributed by atoms with E-state index in [1.54, 1.807) is 12.1 Å². The summed E-state index contributed by atoms with van der Waals surface area (Å²) in [5.41, 5.74) is 6.65. The Labute approximate surface area is 330 Å². The molecule has 7 rings (SSSR count). The smallest absolute Gasteiger partial charge is 0.328 e. The van der Waals surface area contributed by atoms with Crippen molar-refractivity contribution in [3.05, 3.63) is 162 Å². The molecule has 1 fully saturated rings. The SMILES string of the molecule is COC(=O)C(Cc1ccccc1)NC(=O)Nc1ccc(C2OC(CSc3nc(-c4ccccc4)c(-c4ccccc4)o3)C(C)C(c3ccc(CO)cc3)O2)cc1. The van der Waals surface area contributed by atoms with Crippen LogP contribution in [-0.2, 0) is 32.0 Å². The van der Waals surface area contributed by atoms with Crippen LogP contribution in [-0.4, -0.2) is 47.1 Å². The van der Waals surface area contributed by atoms with Crippen LogP contribution >= 0.6 is 11.8 Å². The summed E-state index contributed by atoms with van der Waals surface area (Å²) in [4.78, 5) is 30.4. The molecule has 2 heterocycles. The van der Waals surface area contributed by atoms with Crippen LogP contribution in [0.25, 0.3) is 22.6 Å². The molecule has 11 heteroatoms. The number of carbonyl (C=O) groups excluding carboxylic acids is 2. The van der Waals surface area contributed by atoms with Crippen molar-refractivity contribution in [1.82, 2.24) is 10.3 Å². The number of ether oxygens (including phenoxy) is 3. The largest absolute Gasteiger partial charge is 0.467 e. The number of benzene rings is 5. The van der Waals surface area contributed by atoms with Crippen LogP contribution in [0.2, 0.25) is 0 Å². The molecule has 5 aromatic carbocycles. The Morgan fingerprint density at radius 3 is 2.05 bits per heavy atom. The van der Waals surface area contributed by atoms with E-state index in [4.69, 9.17) is 23.6 Å². The Kier molecular flexibility index (Phi) is 12.6. The van der Waals surface area contributed by atoms with Gasteiger partial charge < -0.3 is 34.4 Å². The molecular formula is C45H43N3O7S. The molecule has 5 unspecified atom stereocenters. The molecule has 0 aliphatic carbocycles. The summed E-state index contributed by atoms with van der Waals surface area (Å²) < 4.78 is 24.7. The molecule has 1 saturated heterocycles. The molecular weight excluding hydrogens is 727 g/mol. The number of urea groups is 1. The Bertz CT molecular complexity index is 2130. The minimum Gasteiger partial charge on any atom is -0.467 e. The van der Waals surface area contributed by atoms with Gasteiger partial charge in [-0.15, -0.1) is 0 Å². The summed E-state index contributed by atoms with van der Waals surface area (Å²) in [5, 5.41) is 15.8. The van der Waals surface area contributed by atoms with Gasteiger partial charge in [0.1, 0.15) is 11.7 Å². The van der Waals surface area contributed by atoms with E-state index in [2.05, 4.69) is 17.6 Å². The van der Waals surface area contributed by atoms with E-state index >= 15 is 0 Å². The minimum absolute atomic E-state index is 0.0484. The van der Waals surface area contributed by atoms with Crippen LogP contribution in [0, 0.1) is 5.92 Å². The predicted molar refractivity (Wildman–Crippen MR) is 216 cm³/mol. The van der Waals surface area contributed by atoms with Crippen molar-refractivity contribution in [3.63, 3.8) is 0 Å². The summed E-state index contributed by atoms with van der Waals surface area (Å²) in [6.07, 6.45) is -1.02. The summed E-state index contributed by atoms with van der Waals surface area (Å²) >= 11 is 1.49. The number of rotatable bonds is 13. The van der Waals surface area contributed by atoms with Crippen molar-refractivity contribution >= 4 is 29.4 Å². The normalized spacial score (nSPS) is 18.5. The molecule has 286 valence electrons. The lowest BCUT2D eigenvalue weighted by molar-refractivity contribution is -0.268. The van der Waals surface area contributed by atoms with Gasteiger partial charge in [0.2, 0.25) is 0 Å². The molecule has 0 saturated carbocycles. The number of hydrogen-bond acceptors (Lipinski definition) is 9. The molecule has 0 spiro atoms. The quantitative estimate of drug-likeness (QED) is 0.0778. The van der Waals surface area contributed by atoms with Crippen LogP contribution in [0.3, 0.4) is 0 Å². The second kappa shape index (κ2) is 18.3. The lowest BCUT2D eigenvalue weighted by Crippen LogP contribution is -2.45. The fourth-order valence-electron chi connectivity index (χ4n) is 6.64. The maximum Gasteiger partial charge on any atom is 0.328 e. The van der Waals surface area contributed by atoms with E-state index in [0.717, 1.165) is 39.1 Å². The minimum atomic E-state index is -0.864. The van der Waals surface area contributed by atoms with Crippen LogP contribution in [0.1, 0.15) is 41.6 Å². The Morgan fingerprint density at radius 2 is 1.41 bits per heavy atom. The number of carbonyl (C=O) groups is 2. The molecule has 10 nitrogen and oxygen atoms in total. The Balaban J connectivity index is 1.08. The van der Waals surface area contributed by atoms with Gasteiger partial charge in [-0.3, -0.25) is 0 Å². The van der Waals surface area contributed by atoms with Crippen molar-refractivity contribution in [2.75, 3.05) is 18.2 Å². The number of aliphatic hydroxyl groups is 1. The number of aliphatic hydroxyl groups excluding tert-OH is 1. The van der Waals surface area contributed by atoms with Crippen molar-refractivity contribution in [2.24, 2.45) is 5.92 Å². The highest BCUT2D eigenvalue weighted by Gasteiger charge is 2.39. The fraction of sp³-hybridized carbons (Fsp3) is 0.222. The molecule has 56 heavy (non-hydrogen) atoms. The Hall–Kier alpha value is -5.72. The lowest BCUT2D eigenvalue weighted by Gasteiger charge is -2.41. The maximum atomic E-state index is 13.0. The van der Waals surface area contributed by atoms with Gasteiger partial charge in [-0.25, -0.2) is 14.6 Å². The summed E-state index contributed by atoms with van der Waals surface area (Å²) in [5.74, 6) is 0.655. The number of hydrogen-bond donors (Lipinski definition) is 3. The zero-order chi connectivity index (χ0) is 38.9. The van der Waals surface area contributed by atoms with Crippen LogP contribution in [0.15, 0.2) is 149 Å². The first-order valence-corrected chi connectivity index (χ1v) is 19.4. The number of oxazole rings is 1.